The van der Waals surface area contributed by atoms with E-state index in [1.807, 2.05) is 25.1 Å². The average molecular weight is 407 g/mol. The highest BCUT2D eigenvalue weighted by Crippen LogP contribution is 2.18. The molecule has 0 aromatic heterocycles. The Labute approximate surface area is 168 Å². The van der Waals surface area contributed by atoms with Gasteiger partial charge in [-0.05, 0) is 60.6 Å². The molecular weight excluding hydrogens is 383 g/mol. The Hall–Kier alpha value is -2.12. The van der Waals surface area contributed by atoms with Crippen LogP contribution in [0.15, 0.2) is 42.5 Å². The number of ether oxygens (including phenoxy) is 1. The van der Waals surface area contributed by atoms with Gasteiger partial charge in [-0.3, -0.25) is 0 Å². The number of rotatable bonds is 8. The van der Waals surface area contributed by atoms with Crippen molar-refractivity contribution in [2.45, 2.75) is 19.1 Å². The number of halogens is 1. The minimum absolute atomic E-state index is 0.155. The molecule has 0 aliphatic carbocycles. The maximum atomic E-state index is 13.5. The van der Waals surface area contributed by atoms with Crippen molar-refractivity contribution in [2.75, 3.05) is 24.7 Å². The van der Waals surface area contributed by atoms with E-state index >= 15 is 0 Å². The van der Waals surface area contributed by atoms with E-state index in [4.69, 9.17) is 17.0 Å². The van der Waals surface area contributed by atoms with Gasteiger partial charge in [-0.15, -0.1) is 0 Å². The van der Waals surface area contributed by atoms with Crippen molar-refractivity contribution < 1.29 is 13.9 Å². The Balaban J connectivity index is 1.70. The molecule has 0 unspecified atom stereocenters. The molecule has 2 aromatic rings. The Bertz CT molecular complexity index is 799. The molecule has 0 aliphatic heterocycles. The average Bonchev–Trinajstić information content (AvgIpc) is 2.67. The van der Waals surface area contributed by atoms with Gasteiger partial charge in [0.2, 0.25) is 0 Å². The molecule has 0 spiro atoms. The third-order valence-electron chi connectivity index (χ3n) is 3.87. The molecule has 4 nitrogen and oxygen atoms in total. The predicted octanol–water partition coefficient (Wildman–Crippen LogP) is 4.53. The number of benzene rings is 2. The molecule has 0 saturated carbocycles. The van der Waals surface area contributed by atoms with Crippen LogP contribution in [0.3, 0.4) is 0 Å². The van der Waals surface area contributed by atoms with E-state index in [1.165, 1.54) is 13.2 Å². The first-order chi connectivity index (χ1) is 13.0. The van der Waals surface area contributed by atoms with Crippen molar-refractivity contribution in [1.82, 2.24) is 5.32 Å². The molecule has 2 aromatic carbocycles. The Morgan fingerprint density at radius 2 is 2.04 bits per heavy atom. The zero-order valence-electron chi connectivity index (χ0n) is 15.4. The number of carbonyl (C=O) groups is 1. The second kappa shape index (κ2) is 10.9. The van der Waals surface area contributed by atoms with Crippen molar-refractivity contribution in [3.05, 3.63) is 65.0 Å². The molecule has 0 amide bonds. The molecule has 2 rings (SSSR count). The second-order valence-corrected chi connectivity index (χ2v) is 7.41. The predicted molar refractivity (Wildman–Crippen MR) is 114 cm³/mol. The van der Waals surface area contributed by atoms with Crippen molar-refractivity contribution in [2.24, 2.45) is 0 Å². The molecule has 0 radical (unpaired) electrons. The van der Waals surface area contributed by atoms with Crippen molar-refractivity contribution >= 4 is 40.7 Å². The molecule has 2 N–H and O–H groups in total. The van der Waals surface area contributed by atoms with Gasteiger partial charge in [-0.1, -0.05) is 24.3 Å². The second-order valence-electron chi connectivity index (χ2n) is 5.90. The van der Waals surface area contributed by atoms with E-state index in [0.717, 1.165) is 29.0 Å². The van der Waals surface area contributed by atoms with Gasteiger partial charge in [0.15, 0.2) is 5.11 Å². The van der Waals surface area contributed by atoms with E-state index in [9.17, 15) is 9.18 Å². The summed E-state index contributed by atoms with van der Waals surface area (Å²) in [6.07, 6.45) is 0.905. The summed E-state index contributed by atoms with van der Waals surface area (Å²) in [6, 6.07) is 12.1. The van der Waals surface area contributed by atoms with Crippen LogP contribution in [0.2, 0.25) is 0 Å². The highest BCUT2D eigenvalue weighted by Gasteiger charge is 2.09. The van der Waals surface area contributed by atoms with Crippen LogP contribution < -0.4 is 10.6 Å². The lowest BCUT2D eigenvalue weighted by Gasteiger charge is -2.13. The number of aryl methyl sites for hydroxylation is 1. The molecule has 0 aliphatic rings. The monoisotopic (exact) mass is 406 g/mol. The Kier molecular flexibility index (Phi) is 8.54. The zero-order valence-corrected chi connectivity index (χ0v) is 17.0. The molecule has 7 heteroatoms. The van der Waals surface area contributed by atoms with Crippen LogP contribution in [0.25, 0.3) is 0 Å². The lowest BCUT2D eigenvalue weighted by molar-refractivity contribution is 0.0601. The molecule has 0 fully saturated rings. The first kappa shape index (κ1) is 21.2. The van der Waals surface area contributed by atoms with Crippen molar-refractivity contribution in [3.63, 3.8) is 0 Å². The number of hydrogen-bond donors (Lipinski definition) is 2. The summed E-state index contributed by atoms with van der Waals surface area (Å²) in [5, 5.41) is 6.76. The molecular formula is C20H23FN2O2S2. The van der Waals surface area contributed by atoms with Crippen molar-refractivity contribution in [3.8, 4) is 0 Å². The Morgan fingerprint density at radius 1 is 1.26 bits per heavy atom. The van der Waals surface area contributed by atoms with Gasteiger partial charge >= 0.3 is 5.97 Å². The first-order valence-corrected chi connectivity index (χ1v) is 10.1. The number of esters is 1. The van der Waals surface area contributed by atoms with E-state index in [1.54, 1.807) is 30.0 Å². The fourth-order valence-corrected chi connectivity index (χ4v) is 3.50. The van der Waals surface area contributed by atoms with E-state index in [0.29, 0.717) is 23.0 Å². The van der Waals surface area contributed by atoms with E-state index < -0.39 is 0 Å². The van der Waals surface area contributed by atoms with Gasteiger partial charge in [-0.25, -0.2) is 9.18 Å². The number of hydrogen-bond acceptors (Lipinski definition) is 4. The van der Waals surface area contributed by atoms with Gasteiger partial charge in [0.25, 0.3) is 0 Å². The molecule has 0 atom stereocenters. The summed E-state index contributed by atoms with van der Waals surface area (Å²) >= 11 is 7.00. The highest BCUT2D eigenvalue weighted by atomic mass is 32.2. The SMILES string of the molecule is COC(=O)c1ccc(C)c(NC(=S)NCCCSCc2ccccc2F)c1. The molecule has 0 saturated heterocycles. The summed E-state index contributed by atoms with van der Waals surface area (Å²) in [7, 11) is 1.35. The number of nitrogens with one attached hydrogen (secondary N) is 2. The van der Waals surface area contributed by atoms with Crippen LogP contribution >= 0.6 is 24.0 Å². The Morgan fingerprint density at radius 3 is 2.78 bits per heavy atom. The molecule has 27 heavy (non-hydrogen) atoms. The fourth-order valence-electron chi connectivity index (χ4n) is 2.34. The van der Waals surface area contributed by atoms with Gasteiger partial charge in [0, 0.05) is 18.0 Å². The van der Waals surface area contributed by atoms with Gasteiger partial charge in [0.1, 0.15) is 5.82 Å². The highest BCUT2D eigenvalue weighted by molar-refractivity contribution is 7.98. The fraction of sp³-hybridized carbons (Fsp3) is 0.300. The summed E-state index contributed by atoms with van der Waals surface area (Å²) in [6.45, 7) is 2.65. The van der Waals surface area contributed by atoms with E-state index in [-0.39, 0.29) is 11.8 Å². The largest absolute Gasteiger partial charge is 0.465 e. The summed E-state index contributed by atoms with van der Waals surface area (Å²) < 4.78 is 18.3. The third-order valence-corrected chi connectivity index (χ3v) is 5.21. The number of anilines is 1. The number of thioether (sulfide) groups is 1. The van der Waals surface area contributed by atoms with Crippen molar-refractivity contribution in [1.29, 1.82) is 0 Å². The normalized spacial score (nSPS) is 10.3. The summed E-state index contributed by atoms with van der Waals surface area (Å²) in [5.41, 5.74) is 2.95. The number of thiocarbonyl (C=S) groups is 1. The van der Waals surface area contributed by atoms with Crippen LogP contribution in [0.5, 0.6) is 0 Å². The van der Waals surface area contributed by atoms with E-state index in [2.05, 4.69) is 10.6 Å². The topological polar surface area (TPSA) is 50.4 Å². The van der Waals surface area contributed by atoms with Gasteiger partial charge in [-0.2, -0.15) is 11.8 Å². The maximum absolute atomic E-state index is 13.5. The smallest absolute Gasteiger partial charge is 0.337 e. The van der Waals surface area contributed by atoms with Crippen LogP contribution in [0.1, 0.15) is 27.9 Å². The van der Waals surface area contributed by atoms with Crippen LogP contribution in [0.4, 0.5) is 10.1 Å². The van der Waals surface area contributed by atoms with Crippen LogP contribution in [-0.4, -0.2) is 30.5 Å². The minimum Gasteiger partial charge on any atom is -0.465 e. The number of methoxy groups -OCH3 is 1. The van der Waals surface area contributed by atoms with Crippen LogP contribution in [-0.2, 0) is 10.5 Å². The third kappa shape index (κ3) is 6.84. The zero-order chi connectivity index (χ0) is 19.6. The lowest BCUT2D eigenvalue weighted by atomic mass is 10.1. The first-order valence-electron chi connectivity index (χ1n) is 8.56. The number of carbonyl (C=O) groups excluding carboxylic acids is 1. The lowest BCUT2D eigenvalue weighted by Crippen LogP contribution is -2.29. The summed E-state index contributed by atoms with van der Waals surface area (Å²) in [4.78, 5) is 11.6. The standard InChI is InChI=1S/C20H23FN2O2S2/c1-14-8-9-15(19(24)25-2)12-18(14)23-20(26)22-10-5-11-27-13-16-6-3-4-7-17(16)21/h3-4,6-9,12H,5,10-11,13H2,1-2H3,(H2,22,23,26). The van der Waals surface area contributed by atoms with Gasteiger partial charge in [0.05, 0.1) is 12.7 Å². The molecule has 0 bridgehead atoms. The minimum atomic E-state index is -0.385. The summed E-state index contributed by atoms with van der Waals surface area (Å²) in [5.74, 6) is 1.03. The van der Waals surface area contributed by atoms with Gasteiger partial charge < -0.3 is 15.4 Å². The van der Waals surface area contributed by atoms with Crippen LogP contribution in [0, 0.1) is 12.7 Å². The molecule has 0 heterocycles. The quantitative estimate of drug-likeness (QED) is 0.382. The maximum Gasteiger partial charge on any atom is 0.337 e. The molecule has 144 valence electrons.